The van der Waals surface area contributed by atoms with E-state index in [0.29, 0.717) is 17.8 Å². The summed E-state index contributed by atoms with van der Waals surface area (Å²) in [4.78, 5) is 10.6. The van der Waals surface area contributed by atoms with E-state index in [9.17, 15) is 0 Å². The molecule has 1 rings (SSSR count). The standard InChI is InChI=1S/C10H17BrN4/c1-4-7(5-2)15(3)10-13-8(11)6-9(12)14-10/h6-7H,4-5H2,1-3H3,(H2,12,13,14). The zero-order valence-electron chi connectivity index (χ0n) is 9.37. The molecule has 0 fully saturated rings. The fourth-order valence-corrected chi connectivity index (χ4v) is 1.97. The summed E-state index contributed by atoms with van der Waals surface area (Å²) in [5.41, 5.74) is 5.67. The van der Waals surface area contributed by atoms with Crippen LogP contribution in [-0.2, 0) is 0 Å². The molecule has 84 valence electrons. The summed E-state index contributed by atoms with van der Waals surface area (Å²) in [7, 11) is 2.00. The van der Waals surface area contributed by atoms with E-state index in [-0.39, 0.29) is 0 Å². The van der Waals surface area contributed by atoms with Gasteiger partial charge in [0.2, 0.25) is 5.95 Å². The van der Waals surface area contributed by atoms with Gasteiger partial charge in [-0.2, -0.15) is 4.98 Å². The number of aromatic nitrogens is 2. The predicted molar refractivity (Wildman–Crippen MR) is 66.9 cm³/mol. The van der Waals surface area contributed by atoms with E-state index >= 15 is 0 Å². The molecule has 5 heteroatoms. The highest BCUT2D eigenvalue weighted by Crippen LogP contribution is 2.18. The smallest absolute Gasteiger partial charge is 0.228 e. The Bertz CT molecular complexity index is 305. The van der Waals surface area contributed by atoms with Crippen molar-refractivity contribution in [1.29, 1.82) is 0 Å². The van der Waals surface area contributed by atoms with Gasteiger partial charge in [0.15, 0.2) is 0 Å². The third kappa shape index (κ3) is 3.06. The summed E-state index contributed by atoms with van der Waals surface area (Å²) in [5, 5.41) is 0. The lowest BCUT2D eigenvalue weighted by atomic mass is 10.1. The van der Waals surface area contributed by atoms with Crippen molar-refractivity contribution in [3.8, 4) is 0 Å². The Morgan fingerprint density at radius 2 is 2.00 bits per heavy atom. The van der Waals surface area contributed by atoms with Crippen LogP contribution in [0.5, 0.6) is 0 Å². The second kappa shape index (κ2) is 5.30. The molecule has 0 unspecified atom stereocenters. The van der Waals surface area contributed by atoms with E-state index < -0.39 is 0 Å². The number of hydrogen-bond donors (Lipinski definition) is 1. The zero-order valence-corrected chi connectivity index (χ0v) is 11.0. The first-order valence-electron chi connectivity index (χ1n) is 5.11. The van der Waals surface area contributed by atoms with Gasteiger partial charge in [-0.3, -0.25) is 0 Å². The fraction of sp³-hybridized carbons (Fsp3) is 0.600. The van der Waals surface area contributed by atoms with E-state index in [1.807, 2.05) is 7.05 Å². The molecule has 2 N–H and O–H groups in total. The van der Waals surface area contributed by atoms with Crippen LogP contribution in [0.15, 0.2) is 10.7 Å². The first kappa shape index (κ1) is 12.2. The highest BCUT2D eigenvalue weighted by atomic mass is 79.9. The van der Waals surface area contributed by atoms with Gasteiger partial charge in [-0.1, -0.05) is 13.8 Å². The molecule has 0 aliphatic carbocycles. The number of halogens is 1. The van der Waals surface area contributed by atoms with E-state index in [2.05, 4.69) is 44.6 Å². The normalized spacial score (nSPS) is 10.7. The molecule has 0 bridgehead atoms. The van der Waals surface area contributed by atoms with E-state index in [0.717, 1.165) is 17.4 Å². The van der Waals surface area contributed by atoms with Crippen molar-refractivity contribution >= 4 is 27.7 Å². The molecule has 15 heavy (non-hydrogen) atoms. The van der Waals surface area contributed by atoms with E-state index in [1.165, 1.54) is 0 Å². The highest BCUT2D eigenvalue weighted by molar-refractivity contribution is 9.10. The zero-order chi connectivity index (χ0) is 11.4. The molecule has 0 saturated heterocycles. The topological polar surface area (TPSA) is 55.0 Å². The largest absolute Gasteiger partial charge is 0.383 e. The molecule has 1 aromatic heterocycles. The van der Waals surface area contributed by atoms with Crippen LogP contribution in [0.1, 0.15) is 26.7 Å². The molecule has 0 aliphatic rings. The summed E-state index contributed by atoms with van der Waals surface area (Å²) in [6, 6.07) is 2.16. The van der Waals surface area contributed by atoms with Crippen LogP contribution in [0.3, 0.4) is 0 Å². The quantitative estimate of drug-likeness (QED) is 0.856. The predicted octanol–water partition coefficient (Wildman–Crippen LogP) is 2.45. The molecule has 1 aromatic rings. The molecular weight excluding hydrogens is 256 g/mol. The fourth-order valence-electron chi connectivity index (χ4n) is 1.58. The Labute approximate surface area is 99.0 Å². The van der Waals surface area contributed by atoms with Crippen LogP contribution in [0, 0.1) is 0 Å². The molecule has 1 heterocycles. The van der Waals surface area contributed by atoms with Crippen molar-refractivity contribution in [3.63, 3.8) is 0 Å². The second-order valence-electron chi connectivity index (χ2n) is 3.50. The Balaban J connectivity index is 2.94. The van der Waals surface area contributed by atoms with Crippen LogP contribution < -0.4 is 10.6 Å². The van der Waals surface area contributed by atoms with Gasteiger partial charge in [-0.05, 0) is 28.8 Å². The lowest BCUT2D eigenvalue weighted by molar-refractivity contribution is 0.581. The maximum absolute atomic E-state index is 5.67. The third-order valence-corrected chi connectivity index (χ3v) is 2.91. The number of nitrogens with zero attached hydrogens (tertiary/aromatic N) is 3. The lowest BCUT2D eigenvalue weighted by Crippen LogP contribution is -2.32. The molecule has 4 nitrogen and oxygen atoms in total. The number of hydrogen-bond acceptors (Lipinski definition) is 4. The van der Waals surface area contributed by atoms with Gasteiger partial charge in [0.25, 0.3) is 0 Å². The molecule has 0 amide bonds. The summed E-state index contributed by atoms with van der Waals surface area (Å²) in [6.45, 7) is 4.32. The third-order valence-electron chi connectivity index (χ3n) is 2.51. The molecule has 0 aromatic carbocycles. The molecule has 0 spiro atoms. The number of nitrogen functional groups attached to an aromatic ring is 1. The minimum Gasteiger partial charge on any atom is -0.383 e. The Kier molecular flexibility index (Phi) is 4.32. The van der Waals surface area contributed by atoms with Crippen LogP contribution in [0.4, 0.5) is 11.8 Å². The maximum atomic E-state index is 5.67. The average Bonchev–Trinajstić information content (AvgIpc) is 2.18. The van der Waals surface area contributed by atoms with Crippen LogP contribution >= 0.6 is 15.9 Å². The van der Waals surface area contributed by atoms with Crippen molar-refractivity contribution in [2.24, 2.45) is 0 Å². The Morgan fingerprint density at radius 3 is 2.47 bits per heavy atom. The summed E-state index contributed by atoms with van der Waals surface area (Å²) in [6.07, 6.45) is 2.14. The van der Waals surface area contributed by atoms with Gasteiger partial charge in [-0.15, -0.1) is 0 Å². The average molecular weight is 273 g/mol. The number of anilines is 2. The van der Waals surface area contributed by atoms with Gasteiger partial charge in [0, 0.05) is 19.2 Å². The van der Waals surface area contributed by atoms with E-state index in [1.54, 1.807) is 6.07 Å². The minimum absolute atomic E-state index is 0.457. The maximum Gasteiger partial charge on any atom is 0.228 e. The van der Waals surface area contributed by atoms with Crippen molar-refractivity contribution in [2.75, 3.05) is 17.7 Å². The second-order valence-corrected chi connectivity index (χ2v) is 4.31. The summed E-state index contributed by atoms with van der Waals surface area (Å²) in [5.74, 6) is 1.17. The van der Waals surface area contributed by atoms with Gasteiger partial charge < -0.3 is 10.6 Å². The number of rotatable bonds is 4. The van der Waals surface area contributed by atoms with Crippen LogP contribution in [-0.4, -0.2) is 23.1 Å². The van der Waals surface area contributed by atoms with Crippen molar-refractivity contribution in [1.82, 2.24) is 9.97 Å². The van der Waals surface area contributed by atoms with E-state index in [4.69, 9.17) is 5.73 Å². The summed E-state index contributed by atoms with van der Waals surface area (Å²) < 4.78 is 0.725. The van der Waals surface area contributed by atoms with Crippen molar-refractivity contribution in [3.05, 3.63) is 10.7 Å². The lowest BCUT2D eigenvalue weighted by Gasteiger charge is -2.26. The number of nitrogens with two attached hydrogens (primary N) is 1. The first-order chi connectivity index (χ1) is 7.08. The van der Waals surface area contributed by atoms with Crippen LogP contribution in [0.2, 0.25) is 0 Å². The summed E-state index contributed by atoms with van der Waals surface area (Å²) >= 11 is 3.32. The Morgan fingerprint density at radius 1 is 1.40 bits per heavy atom. The van der Waals surface area contributed by atoms with Gasteiger partial charge >= 0.3 is 0 Å². The van der Waals surface area contributed by atoms with Gasteiger partial charge in [-0.25, -0.2) is 4.98 Å². The minimum atomic E-state index is 0.457. The molecule has 0 radical (unpaired) electrons. The highest BCUT2D eigenvalue weighted by Gasteiger charge is 2.14. The first-order valence-corrected chi connectivity index (χ1v) is 5.90. The molecule has 0 aliphatic heterocycles. The molecule has 0 atom stereocenters. The molecular formula is C10H17BrN4. The molecule has 0 saturated carbocycles. The van der Waals surface area contributed by atoms with Crippen molar-refractivity contribution in [2.45, 2.75) is 32.7 Å². The Hall–Kier alpha value is -0.840. The monoisotopic (exact) mass is 272 g/mol. The SMILES string of the molecule is CCC(CC)N(C)c1nc(N)cc(Br)n1. The van der Waals surface area contributed by atoms with Gasteiger partial charge in [0.05, 0.1) is 0 Å². The van der Waals surface area contributed by atoms with Crippen LogP contribution in [0.25, 0.3) is 0 Å². The van der Waals surface area contributed by atoms with Crippen molar-refractivity contribution < 1.29 is 0 Å². The van der Waals surface area contributed by atoms with Gasteiger partial charge in [0.1, 0.15) is 10.4 Å².